The van der Waals surface area contributed by atoms with Crippen LogP contribution >= 0.6 is 11.8 Å². The molecule has 21 heavy (non-hydrogen) atoms. The number of allylic oxidation sites excluding steroid dienone is 2. The number of aryl methyl sites for hydroxylation is 1. The molecule has 0 aliphatic rings. The van der Waals surface area contributed by atoms with Gasteiger partial charge in [0.15, 0.2) is 0 Å². The highest BCUT2D eigenvalue weighted by molar-refractivity contribution is 7.98. The molecule has 0 aromatic heterocycles. The molecule has 114 valence electrons. The van der Waals surface area contributed by atoms with Crippen molar-refractivity contribution in [1.82, 2.24) is 0 Å². The van der Waals surface area contributed by atoms with Gasteiger partial charge in [-0.15, -0.1) is 11.8 Å². The Balaban J connectivity index is 3.29. The molecule has 0 spiro atoms. The molecule has 1 rings (SSSR count). The third-order valence-electron chi connectivity index (χ3n) is 2.73. The topological polar surface area (TPSA) is 24.7 Å². The largest absolute Gasteiger partial charge is 0.433 e. The van der Waals surface area contributed by atoms with Crippen molar-refractivity contribution < 1.29 is 13.2 Å². The molecule has 0 unspecified atom stereocenters. The summed E-state index contributed by atoms with van der Waals surface area (Å²) in [5, 5.41) is 0. The number of benzene rings is 1. The first kappa shape index (κ1) is 17.5. The highest BCUT2D eigenvalue weighted by atomic mass is 32.2. The fraction of sp³-hybridized carbons (Fsp3) is 0.333. The normalized spacial score (nSPS) is 13.4. The van der Waals surface area contributed by atoms with Gasteiger partial charge >= 0.3 is 6.18 Å². The van der Waals surface area contributed by atoms with Gasteiger partial charge in [0.1, 0.15) is 5.70 Å². The first-order valence-corrected chi connectivity index (χ1v) is 7.70. The average molecular weight is 314 g/mol. The van der Waals surface area contributed by atoms with Crippen LogP contribution in [0.3, 0.4) is 0 Å². The number of thioether (sulfide) groups is 1. The van der Waals surface area contributed by atoms with E-state index in [2.05, 4.69) is 16.7 Å². The molecule has 0 radical (unpaired) electrons. The van der Waals surface area contributed by atoms with Gasteiger partial charge in [-0.3, -0.25) is 9.98 Å². The van der Waals surface area contributed by atoms with Crippen LogP contribution in [0.4, 0.5) is 13.2 Å². The molecule has 6 heteroatoms. The average Bonchev–Trinajstić information content (AvgIpc) is 2.46. The predicted molar refractivity (Wildman–Crippen MR) is 84.4 cm³/mol. The van der Waals surface area contributed by atoms with Crippen molar-refractivity contribution in [1.29, 1.82) is 0 Å². The van der Waals surface area contributed by atoms with Gasteiger partial charge in [0.05, 0.1) is 11.6 Å². The van der Waals surface area contributed by atoms with Crippen molar-refractivity contribution in [3.05, 3.63) is 47.2 Å². The highest BCUT2D eigenvalue weighted by Crippen LogP contribution is 2.27. The standard InChI is InChI=1S/C15H17F3N2S/c1-4-11-6-5-7-12(8-11)13(20-10-21-3)9-14(19-2)15(16,17)18/h5-9H,2,4,10H2,1,3H3/b14-9-,20-13?. The quantitative estimate of drug-likeness (QED) is 0.709. The van der Waals surface area contributed by atoms with Crippen LogP contribution in [0.1, 0.15) is 18.1 Å². The molecule has 0 N–H and O–H groups in total. The maximum Gasteiger partial charge on any atom is 0.433 e. The van der Waals surface area contributed by atoms with Crippen LogP contribution in [0.15, 0.2) is 46.0 Å². The summed E-state index contributed by atoms with van der Waals surface area (Å²) in [6, 6.07) is 7.32. The molecule has 0 heterocycles. The first-order valence-electron chi connectivity index (χ1n) is 6.30. The van der Waals surface area contributed by atoms with Gasteiger partial charge in [-0.25, -0.2) is 0 Å². The molecule has 1 aromatic carbocycles. The summed E-state index contributed by atoms with van der Waals surface area (Å²) in [4.78, 5) is 7.28. The summed E-state index contributed by atoms with van der Waals surface area (Å²) in [7, 11) is 0. The van der Waals surface area contributed by atoms with Gasteiger partial charge < -0.3 is 0 Å². The Kier molecular flexibility index (Phi) is 6.68. The number of alkyl halides is 3. The van der Waals surface area contributed by atoms with E-state index in [0.717, 1.165) is 18.1 Å². The van der Waals surface area contributed by atoms with E-state index in [1.807, 2.05) is 31.4 Å². The fourth-order valence-corrected chi connectivity index (χ4v) is 1.92. The molecule has 0 aliphatic heterocycles. The molecule has 2 nitrogen and oxygen atoms in total. The number of hydrogen-bond acceptors (Lipinski definition) is 3. The summed E-state index contributed by atoms with van der Waals surface area (Å²) in [5.74, 6) is 0.379. The van der Waals surface area contributed by atoms with Crippen LogP contribution in [0.5, 0.6) is 0 Å². The summed E-state index contributed by atoms with van der Waals surface area (Å²) >= 11 is 1.43. The molecular formula is C15H17F3N2S. The minimum absolute atomic E-state index is 0.263. The third-order valence-corrected chi connectivity index (χ3v) is 3.12. The SMILES string of the molecule is C=N/C(=C\C(=NCSC)c1cccc(CC)c1)C(F)(F)F. The lowest BCUT2D eigenvalue weighted by Crippen LogP contribution is -2.12. The molecule has 0 saturated carbocycles. The summed E-state index contributed by atoms with van der Waals surface area (Å²) in [6.07, 6.45) is -0.953. The number of aliphatic imine (C=N–C) groups is 2. The molecule has 0 fully saturated rings. The van der Waals surface area contributed by atoms with E-state index in [1.54, 1.807) is 6.07 Å². The monoisotopic (exact) mass is 314 g/mol. The van der Waals surface area contributed by atoms with E-state index in [1.165, 1.54) is 11.8 Å². The lowest BCUT2D eigenvalue weighted by Gasteiger charge is -2.09. The summed E-state index contributed by atoms with van der Waals surface area (Å²) < 4.78 is 38.4. The van der Waals surface area contributed by atoms with Gasteiger partial charge in [-0.1, -0.05) is 25.1 Å². The Labute approximate surface area is 126 Å². The summed E-state index contributed by atoms with van der Waals surface area (Å²) in [5.41, 5.74) is 0.912. The van der Waals surface area contributed by atoms with Crippen molar-refractivity contribution in [2.24, 2.45) is 9.98 Å². The molecule has 0 amide bonds. The zero-order chi connectivity index (χ0) is 15.9. The molecule has 0 atom stereocenters. The van der Waals surface area contributed by atoms with E-state index in [0.29, 0.717) is 11.4 Å². The zero-order valence-corrected chi connectivity index (χ0v) is 12.8. The van der Waals surface area contributed by atoms with E-state index >= 15 is 0 Å². The van der Waals surface area contributed by atoms with Crippen LogP contribution in [0.2, 0.25) is 0 Å². The minimum Gasteiger partial charge on any atom is -0.274 e. The van der Waals surface area contributed by atoms with Crippen molar-refractivity contribution in [3.8, 4) is 0 Å². The van der Waals surface area contributed by atoms with Crippen molar-refractivity contribution >= 4 is 24.2 Å². The van der Waals surface area contributed by atoms with Crippen molar-refractivity contribution in [2.75, 3.05) is 12.1 Å². The third kappa shape index (κ3) is 5.38. The van der Waals surface area contributed by atoms with Gasteiger partial charge in [0, 0.05) is 5.56 Å². The number of nitrogens with zero attached hydrogens (tertiary/aromatic N) is 2. The Hall–Kier alpha value is -1.56. The molecule has 0 bridgehead atoms. The number of rotatable bonds is 6. The molecular weight excluding hydrogens is 297 g/mol. The van der Waals surface area contributed by atoms with Gasteiger partial charge in [-0.05, 0) is 37.1 Å². The minimum atomic E-state index is -4.54. The van der Waals surface area contributed by atoms with Gasteiger partial charge in [0.2, 0.25) is 0 Å². The maximum atomic E-state index is 12.8. The van der Waals surface area contributed by atoms with E-state index in [9.17, 15) is 13.2 Å². The van der Waals surface area contributed by atoms with Crippen LogP contribution in [-0.2, 0) is 6.42 Å². The van der Waals surface area contributed by atoms with Gasteiger partial charge in [-0.2, -0.15) is 13.2 Å². The fourth-order valence-electron chi connectivity index (χ4n) is 1.65. The van der Waals surface area contributed by atoms with E-state index in [-0.39, 0.29) is 5.71 Å². The lowest BCUT2D eigenvalue weighted by atomic mass is 10.0. The second kappa shape index (κ2) is 8.02. The Morgan fingerprint density at radius 2 is 2.10 bits per heavy atom. The van der Waals surface area contributed by atoms with Crippen LogP contribution < -0.4 is 0 Å². The number of halogens is 3. The van der Waals surface area contributed by atoms with Crippen LogP contribution in [-0.4, -0.2) is 30.7 Å². The zero-order valence-electron chi connectivity index (χ0n) is 11.9. The molecule has 1 aromatic rings. The second-order valence-corrected chi connectivity index (χ2v) is 5.04. The predicted octanol–water partition coefficient (Wildman–Crippen LogP) is 4.51. The van der Waals surface area contributed by atoms with Crippen LogP contribution in [0, 0.1) is 0 Å². The van der Waals surface area contributed by atoms with Crippen molar-refractivity contribution in [3.63, 3.8) is 0 Å². The highest BCUT2D eigenvalue weighted by Gasteiger charge is 2.33. The van der Waals surface area contributed by atoms with Gasteiger partial charge in [0.25, 0.3) is 0 Å². The number of hydrogen-bond donors (Lipinski definition) is 0. The van der Waals surface area contributed by atoms with E-state index in [4.69, 9.17) is 0 Å². The van der Waals surface area contributed by atoms with Crippen LogP contribution in [0.25, 0.3) is 0 Å². The molecule has 0 aliphatic carbocycles. The van der Waals surface area contributed by atoms with Crippen molar-refractivity contribution in [2.45, 2.75) is 19.5 Å². The Morgan fingerprint density at radius 1 is 1.38 bits per heavy atom. The smallest absolute Gasteiger partial charge is 0.274 e. The lowest BCUT2D eigenvalue weighted by molar-refractivity contribution is -0.0921. The Bertz CT molecular complexity index is 548. The molecule has 0 saturated heterocycles. The summed E-state index contributed by atoms with van der Waals surface area (Å²) in [6.45, 7) is 4.98. The maximum absolute atomic E-state index is 12.8. The second-order valence-electron chi connectivity index (χ2n) is 4.20. The first-order chi connectivity index (χ1) is 9.92. The Morgan fingerprint density at radius 3 is 2.62 bits per heavy atom. The van der Waals surface area contributed by atoms with E-state index < -0.39 is 11.9 Å².